The Morgan fingerprint density at radius 1 is 1.43 bits per heavy atom. The maximum absolute atomic E-state index is 11.2. The summed E-state index contributed by atoms with van der Waals surface area (Å²) in [5.74, 6) is -0.767. The van der Waals surface area contributed by atoms with Crippen molar-refractivity contribution in [3.63, 3.8) is 0 Å². The van der Waals surface area contributed by atoms with Gasteiger partial charge in [-0.1, -0.05) is 13.8 Å². The molecule has 0 bridgehead atoms. The molecule has 5 nitrogen and oxygen atoms in total. The highest BCUT2D eigenvalue weighted by Gasteiger charge is 2.17. The maximum Gasteiger partial charge on any atom is 0.235 e. The first-order chi connectivity index (χ1) is 6.26. The summed E-state index contributed by atoms with van der Waals surface area (Å²) in [6, 6.07) is -0.163. The summed E-state index contributed by atoms with van der Waals surface area (Å²) in [7, 11) is -3.26. The smallest absolute Gasteiger partial charge is 0.235 e. The minimum absolute atomic E-state index is 0.163. The first kappa shape index (κ1) is 13.4. The standard InChI is InChI=1S/C8H18N2O3S/c1-6(2)7(4-9)10-8(11)5-14(3,12)13/h6-7H,4-5,9H2,1-3H3,(H,10,11). The molecule has 0 saturated carbocycles. The molecule has 6 heteroatoms. The fourth-order valence-electron chi connectivity index (χ4n) is 0.984. The fraction of sp³-hybridized carbons (Fsp3) is 0.875. The van der Waals surface area contributed by atoms with Gasteiger partial charge in [0.25, 0.3) is 0 Å². The van der Waals surface area contributed by atoms with Crippen LogP contribution in [-0.4, -0.2) is 38.9 Å². The second kappa shape index (κ2) is 5.31. The summed E-state index contributed by atoms with van der Waals surface area (Å²) < 4.78 is 21.6. The summed E-state index contributed by atoms with van der Waals surface area (Å²) in [6.07, 6.45) is 1.03. The second-order valence-electron chi connectivity index (χ2n) is 3.72. The van der Waals surface area contributed by atoms with E-state index in [2.05, 4.69) is 5.32 Å². The van der Waals surface area contributed by atoms with E-state index in [0.29, 0.717) is 6.54 Å². The molecule has 0 radical (unpaired) electrons. The van der Waals surface area contributed by atoms with Crippen molar-refractivity contribution in [3.8, 4) is 0 Å². The van der Waals surface area contributed by atoms with Crippen LogP contribution in [0.3, 0.4) is 0 Å². The van der Waals surface area contributed by atoms with Crippen molar-refractivity contribution < 1.29 is 13.2 Å². The number of rotatable bonds is 5. The van der Waals surface area contributed by atoms with Crippen molar-refractivity contribution in [2.75, 3.05) is 18.6 Å². The fourth-order valence-corrected chi connectivity index (χ4v) is 1.54. The zero-order valence-corrected chi connectivity index (χ0v) is 9.60. The molecule has 3 N–H and O–H groups in total. The lowest BCUT2D eigenvalue weighted by atomic mass is 10.1. The molecule has 0 saturated heterocycles. The first-order valence-electron chi connectivity index (χ1n) is 4.43. The summed E-state index contributed by atoms with van der Waals surface area (Å²) in [5.41, 5.74) is 5.42. The van der Waals surface area contributed by atoms with E-state index in [9.17, 15) is 13.2 Å². The van der Waals surface area contributed by atoms with Crippen LogP contribution >= 0.6 is 0 Å². The Morgan fingerprint density at radius 3 is 2.21 bits per heavy atom. The van der Waals surface area contributed by atoms with Crippen LogP contribution in [0.5, 0.6) is 0 Å². The minimum atomic E-state index is -3.26. The number of carbonyl (C=O) groups excluding carboxylic acids is 1. The normalized spacial score (nSPS) is 14.1. The lowest BCUT2D eigenvalue weighted by Crippen LogP contribution is -2.45. The van der Waals surface area contributed by atoms with Gasteiger partial charge in [0.2, 0.25) is 5.91 Å². The van der Waals surface area contributed by atoms with Crippen molar-refractivity contribution in [1.29, 1.82) is 0 Å². The van der Waals surface area contributed by atoms with E-state index in [-0.39, 0.29) is 12.0 Å². The average molecular weight is 222 g/mol. The molecule has 84 valence electrons. The highest BCUT2D eigenvalue weighted by atomic mass is 32.2. The number of amides is 1. The van der Waals surface area contributed by atoms with Gasteiger partial charge >= 0.3 is 0 Å². The monoisotopic (exact) mass is 222 g/mol. The number of carbonyl (C=O) groups is 1. The van der Waals surface area contributed by atoms with E-state index < -0.39 is 21.5 Å². The van der Waals surface area contributed by atoms with E-state index in [0.717, 1.165) is 6.26 Å². The van der Waals surface area contributed by atoms with Gasteiger partial charge in [0, 0.05) is 18.8 Å². The third-order valence-electron chi connectivity index (χ3n) is 1.80. The van der Waals surface area contributed by atoms with Gasteiger partial charge in [-0.05, 0) is 5.92 Å². The zero-order valence-electron chi connectivity index (χ0n) is 8.78. The average Bonchev–Trinajstić information content (AvgIpc) is 1.96. The predicted octanol–water partition coefficient (Wildman–Crippen LogP) is -0.869. The largest absolute Gasteiger partial charge is 0.351 e. The first-order valence-corrected chi connectivity index (χ1v) is 6.49. The van der Waals surface area contributed by atoms with Gasteiger partial charge in [-0.2, -0.15) is 0 Å². The Bertz CT molecular complexity index is 285. The van der Waals surface area contributed by atoms with E-state index in [1.165, 1.54) is 0 Å². The summed E-state index contributed by atoms with van der Waals surface area (Å²) in [6.45, 7) is 4.14. The minimum Gasteiger partial charge on any atom is -0.351 e. The number of nitrogens with one attached hydrogen (secondary N) is 1. The Hall–Kier alpha value is -0.620. The van der Waals surface area contributed by atoms with E-state index in [1.54, 1.807) is 0 Å². The number of nitrogens with two attached hydrogens (primary N) is 1. The van der Waals surface area contributed by atoms with E-state index in [4.69, 9.17) is 5.73 Å². The molecule has 0 spiro atoms. The molecule has 1 atom stereocenters. The molecule has 14 heavy (non-hydrogen) atoms. The topological polar surface area (TPSA) is 89.3 Å². The van der Waals surface area contributed by atoms with Crippen LogP contribution in [0.25, 0.3) is 0 Å². The van der Waals surface area contributed by atoms with Crippen molar-refractivity contribution in [2.24, 2.45) is 11.7 Å². The van der Waals surface area contributed by atoms with Gasteiger partial charge < -0.3 is 11.1 Å². The molecule has 0 aromatic carbocycles. The van der Waals surface area contributed by atoms with Crippen LogP contribution in [0.2, 0.25) is 0 Å². The zero-order chi connectivity index (χ0) is 11.4. The van der Waals surface area contributed by atoms with Crippen molar-refractivity contribution in [1.82, 2.24) is 5.32 Å². The maximum atomic E-state index is 11.2. The van der Waals surface area contributed by atoms with Gasteiger partial charge in [0.15, 0.2) is 9.84 Å². The highest BCUT2D eigenvalue weighted by Crippen LogP contribution is 1.99. The Balaban J connectivity index is 4.18. The molecule has 0 aliphatic carbocycles. The van der Waals surface area contributed by atoms with Crippen molar-refractivity contribution in [3.05, 3.63) is 0 Å². The molecule has 0 aliphatic heterocycles. The van der Waals surface area contributed by atoms with Gasteiger partial charge in [-0.15, -0.1) is 0 Å². The second-order valence-corrected chi connectivity index (χ2v) is 5.86. The summed E-state index contributed by atoms with van der Waals surface area (Å²) >= 11 is 0. The van der Waals surface area contributed by atoms with E-state index in [1.807, 2.05) is 13.8 Å². The highest BCUT2D eigenvalue weighted by molar-refractivity contribution is 7.91. The van der Waals surface area contributed by atoms with Gasteiger partial charge in [-0.3, -0.25) is 4.79 Å². The quantitative estimate of drug-likeness (QED) is 0.633. The van der Waals surface area contributed by atoms with Crippen LogP contribution in [-0.2, 0) is 14.6 Å². The van der Waals surface area contributed by atoms with Gasteiger partial charge in [-0.25, -0.2) is 8.42 Å². The molecule has 1 unspecified atom stereocenters. The molecule has 0 aromatic heterocycles. The molecule has 0 aliphatic rings. The van der Waals surface area contributed by atoms with Crippen molar-refractivity contribution in [2.45, 2.75) is 19.9 Å². The van der Waals surface area contributed by atoms with Crippen LogP contribution < -0.4 is 11.1 Å². The molecular formula is C8H18N2O3S. The molecular weight excluding hydrogens is 204 g/mol. The van der Waals surface area contributed by atoms with Crippen LogP contribution in [0, 0.1) is 5.92 Å². The lowest BCUT2D eigenvalue weighted by molar-refractivity contribution is -0.119. The summed E-state index contributed by atoms with van der Waals surface area (Å²) in [4.78, 5) is 11.2. The molecule has 0 rings (SSSR count). The number of hydrogen-bond donors (Lipinski definition) is 2. The van der Waals surface area contributed by atoms with Gasteiger partial charge in [0.1, 0.15) is 5.75 Å². The Kier molecular flexibility index (Phi) is 5.07. The third kappa shape index (κ3) is 5.93. The van der Waals surface area contributed by atoms with Crippen molar-refractivity contribution >= 4 is 15.7 Å². The Labute approximate surface area is 85.0 Å². The summed E-state index contributed by atoms with van der Waals surface area (Å²) in [5, 5.41) is 2.58. The third-order valence-corrected chi connectivity index (χ3v) is 2.58. The van der Waals surface area contributed by atoms with E-state index >= 15 is 0 Å². The predicted molar refractivity (Wildman–Crippen MR) is 55.5 cm³/mol. The van der Waals surface area contributed by atoms with Crippen LogP contribution in [0.1, 0.15) is 13.8 Å². The molecule has 0 fully saturated rings. The van der Waals surface area contributed by atoms with Crippen LogP contribution in [0.15, 0.2) is 0 Å². The van der Waals surface area contributed by atoms with Gasteiger partial charge in [0.05, 0.1) is 0 Å². The number of sulfone groups is 1. The lowest BCUT2D eigenvalue weighted by Gasteiger charge is -2.20. The Morgan fingerprint density at radius 2 is 1.93 bits per heavy atom. The molecule has 0 heterocycles. The number of hydrogen-bond acceptors (Lipinski definition) is 4. The molecule has 0 aromatic rings. The van der Waals surface area contributed by atoms with Crippen LogP contribution in [0.4, 0.5) is 0 Å². The SMILES string of the molecule is CC(C)C(CN)NC(=O)CS(C)(=O)=O. The molecule has 1 amide bonds.